The predicted molar refractivity (Wildman–Crippen MR) is 95.8 cm³/mol. The van der Waals surface area contributed by atoms with Crippen molar-refractivity contribution in [2.75, 3.05) is 18.5 Å². The number of benzene rings is 2. The van der Waals surface area contributed by atoms with Crippen LogP contribution in [0.3, 0.4) is 0 Å². The van der Waals surface area contributed by atoms with Crippen LogP contribution in [0, 0.1) is 13.8 Å². The van der Waals surface area contributed by atoms with Crippen molar-refractivity contribution in [3.63, 3.8) is 0 Å². The van der Waals surface area contributed by atoms with E-state index in [1.54, 1.807) is 0 Å². The number of hydrogen-bond acceptors (Lipinski definition) is 2. The molecule has 0 unspecified atom stereocenters. The Hall–Kier alpha value is -2.55. The average Bonchev–Trinajstić information content (AvgIpc) is 3.13. The van der Waals surface area contributed by atoms with Crippen molar-refractivity contribution in [2.45, 2.75) is 20.4 Å². The highest BCUT2D eigenvalue weighted by Gasteiger charge is 2.18. The summed E-state index contributed by atoms with van der Waals surface area (Å²) < 4.78 is 2.23. The third-order valence-electron chi connectivity index (χ3n) is 4.79. The van der Waals surface area contributed by atoms with Crippen LogP contribution in [0.5, 0.6) is 0 Å². The van der Waals surface area contributed by atoms with Crippen LogP contribution in [0.1, 0.15) is 11.1 Å². The SMILES string of the molecule is Cc1ccc(-c2ccc(-c3cn4c(n3)N(C)CC4)cc2)cc1C. The van der Waals surface area contributed by atoms with Gasteiger partial charge in [-0.25, -0.2) is 4.98 Å². The summed E-state index contributed by atoms with van der Waals surface area (Å²) in [5, 5.41) is 0. The lowest BCUT2D eigenvalue weighted by molar-refractivity contribution is 0.795. The number of nitrogens with zero attached hydrogens (tertiary/aromatic N) is 3. The van der Waals surface area contributed by atoms with E-state index >= 15 is 0 Å². The Morgan fingerprint density at radius 2 is 1.52 bits per heavy atom. The van der Waals surface area contributed by atoms with Crippen molar-refractivity contribution in [3.8, 4) is 22.4 Å². The van der Waals surface area contributed by atoms with Gasteiger partial charge in [0.1, 0.15) is 0 Å². The number of fused-ring (bicyclic) bond motifs is 1. The van der Waals surface area contributed by atoms with Crippen LogP contribution < -0.4 is 4.90 Å². The number of likely N-dealkylation sites (N-methyl/N-ethyl adjacent to an activating group) is 1. The zero-order valence-electron chi connectivity index (χ0n) is 13.9. The van der Waals surface area contributed by atoms with E-state index in [1.165, 1.54) is 27.8 Å². The van der Waals surface area contributed by atoms with Crippen LogP contribution in [0.4, 0.5) is 5.95 Å². The number of anilines is 1. The largest absolute Gasteiger partial charge is 0.344 e. The first-order chi connectivity index (χ1) is 11.1. The molecule has 0 bridgehead atoms. The van der Waals surface area contributed by atoms with Crippen molar-refractivity contribution in [2.24, 2.45) is 0 Å². The minimum absolute atomic E-state index is 1.03. The Kier molecular flexibility index (Phi) is 3.22. The van der Waals surface area contributed by atoms with E-state index in [9.17, 15) is 0 Å². The molecule has 1 aromatic heterocycles. The summed E-state index contributed by atoms with van der Waals surface area (Å²) >= 11 is 0. The molecule has 0 radical (unpaired) electrons. The summed E-state index contributed by atoms with van der Waals surface area (Å²) in [6.45, 7) is 6.39. The van der Waals surface area contributed by atoms with Gasteiger partial charge in [-0.1, -0.05) is 42.5 Å². The molecule has 2 aromatic carbocycles. The summed E-state index contributed by atoms with van der Waals surface area (Å²) in [4.78, 5) is 6.96. The molecule has 3 aromatic rings. The van der Waals surface area contributed by atoms with Gasteiger partial charge in [0, 0.05) is 31.9 Å². The van der Waals surface area contributed by atoms with Gasteiger partial charge in [0.2, 0.25) is 5.95 Å². The van der Waals surface area contributed by atoms with Gasteiger partial charge in [-0.15, -0.1) is 0 Å². The molecular weight excluding hydrogens is 282 g/mol. The van der Waals surface area contributed by atoms with Gasteiger partial charge in [0.25, 0.3) is 0 Å². The Morgan fingerprint density at radius 1 is 0.826 bits per heavy atom. The second-order valence-electron chi connectivity index (χ2n) is 6.42. The minimum atomic E-state index is 1.03. The maximum atomic E-state index is 4.76. The first kappa shape index (κ1) is 14.1. The maximum Gasteiger partial charge on any atom is 0.205 e. The molecule has 0 N–H and O–H groups in total. The van der Waals surface area contributed by atoms with Crippen molar-refractivity contribution in [3.05, 3.63) is 59.8 Å². The van der Waals surface area contributed by atoms with Gasteiger partial charge in [-0.3, -0.25) is 0 Å². The molecule has 23 heavy (non-hydrogen) atoms. The highest BCUT2D eigenvalue weighted by molar-refractivity contribution is 5.70. The topological polar surface area (TPSA) is 21.1 Å². The molecule has 0 fully saturated rings. The molecule has 0 spiro atoms. The van der Waals surface area contributed by atoms with Crippen LogP contribution in [0.2, 0.25) is 0 Å². The molecule has 1 aliphatic rings. The third-order valence-corrected chi connectivity index (χ3v) is 4.79. The highest BCUT2D eigenvalue weighted by Crippen LogP contribution is 2.28. The first-order valence-corrected chi connectivity index (χ1v) is 8.08. The maximum absolute atomic E-state index is 4.76. The van der Waals surface area contributed by atoms with Gasteiger partial charge in [0.05, 0.1) is 5.69 Å². The summed E-state index contributed by atoms with van der Waals surface area (Å²) in [5.41, 5.74) is 7.42. The van der Waals surface area contributed by atoms with Crippen LogP contribution in [-0.4, -0.2) is 23.1 Å². The van der Waals surface area contributed by atoms with Crippen LogP contribution >= 0.6 is 0 Å². The molecule has 3 heteroatoms. The summed E-state index contributed by atoms with van der Waals surface area (Å²) in [7, 11) is 2.10. The van der Waals surface area contributed by atoms with Crippen molar-refractivity contribution >= 4 is 5.95 Å². The zero-order valence-corrected chi connectivity index (χ0v) is 13.9. The molecule has 0 saturated heterocycles. The molecule has 2 heterocycles. The number of rotatable bonds is 2. The molecule has 3 nitrogen and oxygen atoms in total. The molecule has 116 valence electrons. The van der Waals surface area contributed by atoms with Gasteiger partial charge < -0.3 is 9.47 Å². The predicted octanol–water partition coefficient (Wildman–Crippen LogP) is 4.28. The second kappa shape index (κ2) is 5.27. The lowest BCUT2D eigenvalue weighted by Gasteiger charge is -2.07. The second-order valence-corrected chi connectivity index (χ2v) is 6.42. The van der Waals surface area contributed by atoms with Crippen LogP contribution in [0.25, 0.3) is 22.4 Å². The van der Waals surface area contributed by atoms with Crippen molar-refractivity contribution in [1.29, 1.82) is 0 Å². The van der Waals surface area contributed by atoms with Crippen LogP contribution in [0.15, 0.2) is 48.7 Å². The van der Waals surface area contributed by atoms with Gasteiger partial charge in [-0.2, -0.15) is 0 Å². The Morgan fingerprint density at radius 3 is 2.22 bits per heavy atom. The van der Waals surface area contributed by atoms with E-state index in [1.807, 2.05) is 0 Å². The van der Waals surface area contributed by atoms with Crippen molar-refractivity contribution in [1.82, 2.24) is 9.55 Å². The molecule has 1 aliphatic heterocycles. The molecule has 0 atom stereocenters. The normalized spacial score (nSPS) is 13.4. The van der Waals surface area contributed by atoms with E-state index in [2.05, 4.69) is 79.0 Å². The summed E-state index contributed by atoms with van der Waals surface area (Å²) in [6, 6.07) is 15.3. The van der Waals surface area contributed by atoms with E-state index in [4.69, 9.17) is 4.98 Å². The Labute approximate surface area is 137 Å². The fraction of sp³-hybridized carbons (Fsp3) is 0.250. The van der Waals surface area contributed by atoms with E-state index in [0.717, 1.165) is 24.7 Å². The standard InChI is InChI=1S/C20H21N3/c1-14-4-5-18(12-15(14)2)16-6-8-17(9-7-16)19-13-23-11-10-22(3)20(23)21-19/h4-9,12-13H,10-11H2,1-3H3. The first-order valence-electron chi connectivity index (χ1n) is 8.08. The van der Waals surface area contributed by atoms with E-state index in [-0.39, 0.29) is 0 Å². The highest BCUT2D eigenvalue weighted by atomic mass is 15.3. The van der Waals surface area contributed by atoms with Gasteiger partial charge in [0.15, 0.2) is 0 Å². The van der Waals surface area contributed by atoms with Crippen molar-refractivity contribution < 1.29 is 0 Å². The lowest BCUT2D eigenvalue weighted by Crippen LogP contribution is -2.13. The number of aromatic nitrogens is 2. The quantitative estimate of drug-likeness (QED) is 0.704. The Balaban J connectivity index is 1.65. The third kappa shape index (κ3) is 2.42. The zero-order chi connectivity index (χ0) is 16.0. The number of hydrogen-bond donors (Lipinski definition) is 0. The Bertz CT molecular complexity index is 859. The summed E-state index contributed by atoms with van der Waals surface area (Å²) in [5.74, 6) is 1.07. The van der Waals surface area contributed by atoms with Crippen LogP contribution in [-0.2, 0) is 6.54 Å². The molecule has 4 rings (SSSR count). The monoisotopic (exact) mass is 303 g/mol. The van der Waals surface area contributed by atoms with Gasteiger partial charge >= 0.3 is 0 Å². The number of imidazole rings is 1. The fourth-order valence-electron chi connectivity index (χ4n) is 3.13. The average molecular weight is 303 g/mol. The minimum Gasteiger partial charge on any atom is -0.344 e. The van der Waals surface area contributed by atoms with E-state index in [0.29, 0.717) is 0 Å². The molecule has 0 saturated carbocycles. The van der Waals surface area contributed by atoms with E-state index < -0.39 is 0 Å². The molecular formula is C20H21N3. The van der Waals surface area contributed by atoms with Gasteiger partial charge in [-0.05, 0) is 36.1 Å². The number of aryl methyl sites for hydroxylation is 2. The lowest BCUT2D eigenvalue weighted by atomic mass is 9.99. The summed E-state index contributed by atoms with van der Waals surface area (Å²) in [6.07, 6.45) is 2.16. The molecule has 0 amide bonds. The molecule has 0 aliphatic carbocycles. The smallest absolute Gasteiger partial charge is 0.205 e. The fourth-order valence-corrected chi connectivity index (χ4v) is 3.13.